The summed E-state index contributed by atoms with van der Waals surface area (Å²) in [6, 6.07) is 16.3. The molecule has 0 atom stereocenters. The Morgan fingerprint density at radius 2 is 1.90 bits per heavy atom. The number of benzene rings is 2. The third-order valence-electron chi connectivity index (χ3n) is 3.79. The van der Waals surface area contributed by atoms with E-state index in [0.29, 0.717) is 6.61 Å². The predicted octanol–water partition coefficient (Wildman–Crippen LogP) is 2.28. The van der Waals surface area contributed by atoms with E-state index in [2.05, 4.69) is 33.4 Å². The average molecular weight is 280 g/mol. The second-order valence-corrected chi connectivity index (χ2v) is 5.23. The molecule has 21 heavy (non-hydrogen) atoms. The minimum absolute atomic E-state index is 0.698. The zero-order chi connectivity index (χ0) is 14.1. The van der Waals surface area contributed by atoms with Gasteiger partial charge in [0.15, 0.2) is 0 Å². The first kappa shape index (κ1) is 12.3. The lowest BCUT2D eigenvalue weighted by Gasteiger charge is -2.19. The normalized spacial score (nSPS) is 15.4. The Balaban J connectivity index is 1.60. The van der Waals surface area contributed by atoms with Crippen LogP contribution in [0.5, 0.6) is 5.75 Å². The maximum atomic E-state index is 5.80. The van der Waals surface area contributed by atoms with Crippen molar-refractivity contribution in [2.45, 2.75) is 13.2 Å². The summed E-state index contributed by atoms with van der Waals surface area (Å²) in [5.41, 5.74) is 3.22. The molecule has 1 aromatic heterocycles. The predicted molar refractivity (Wildman–Crippen MR) is 79.9 cm³/mol. The Labute approximate surface area is 122 Å². The maximum absolute atomic E-state index is 5.80. The van der Waals surface area contributed by atoms with Crippen molar-refractivity contribution in [2.24, 2.45) is 0 Å². The number of aromatic nitrogens is 3. The van der Waals surface area contributed by atoms with Crippen molar-refractivity contribution in [2.75, 3.05) is 13.2 Å². The van der Waals surface area contributed by atoms with Crippen LogP contribution >= 0.6 is 0 Å². The minimum Gasteiger partial charge on any atom is -0.492 e. The van der Waals surface area contributed by atoms with E-state index in [4.69, 9.17) is 4.74 Å². The fourth-order valence-electron chi connectivity index (χ4n) is 2.71. The molecule has 1 aliphatic rings. The summed E-state index contributed by atoms with van der Waals surface area (Å²) >= 11 is 0. The van der Waals surface area contributed by atoms with E-state index in [1.54, 1.807) is 0 Å². The third-order valence-corrected chi connectivity index (χ3v) is 3.79. The zero-order valence-corrected chi connectivity index (χ0v) is 11.6. The van der Waals surface area contributed by atoms with Gasteiger partial charge in [-0.2, -0.15) is 0 Å². The molecular weight excluding hydrogens is 264 g/mol. The van der Waals surface area contributed by atoms with Gasteiger partial charge in [0.1, 0.15) is 17.9 Å². The molecule has 0 spiro atoms. The molecule has 0 saturated carbocycles. The van der Waals surface area contributed by atoms with E-state index in [-0.39, 0.29) is 0 Å². The quantitative estimate of drug-likeness (QED) is 0.722. The van der Waals surface area contributed by atoms with Crippen LogP contribution in [0.1, 0.15) is 5.56 Å². The highest BCUT2D eigenvalue weighted by atomic mass is 16.5. The van der Waals surface area contributed by atoms with Crippen molar-refractivity contribution < 1.29 is 4.74 Å². The lowest BCUT2D eigenvalue weighted by atomic mass is 10.2. The molecule has 0 bridgehead atoms. The van der Waals surface area contributed by atoms with Crippen molar-refractivity contribution in [3.05, 3.63) is 54.1 Å². The summed E-state index contributed by atoms with van der Waals surface area (Å²) in [6.07, 6.45) is 0. The van der Waals surface area contributed by atoms with Gasteiger partial charge in [0.05, 0.1) is 12.2 Å². The number of fused-ring (bicyclic) bond motifs is 2. The molecule has 4 rings (SSSR count). The summed E-state index contributed by atoms with van der Waals surface area (Å²) in [5, 5.41) is 8.47. The van der Waals surface area contributed by atoms with Crippen LogP contribution < -0.4 is 4.74 Å². The largest absolute Gasteiger partial charge is 0.492 e. The number of nitrogens with zero attached hydrogens (tertiary/aromatic N) is 4. The molecule has 0 amide bonds. The average Bonchev–Trinajstić information content (AvgIpc) is 2.80. The monoisotopic (exact) mass is 280 g/mol. The minimum atomic E-state index is 0.698. The highest BCUT2D eigenvalue weighted by Crippen LogP contribution is 2.23. The van der Waals surface area contributed by atoms with E-state index >= 15 is 0 Å². The van der Waals surface area contributed by atoms with Gasteiger partial charge in [-0.3, -0.25) is 4.90 Å². The summed E-state index contributed by atoms with van der Waals surface area (Å²) < 4.78 is 7.75. The van der Waals surface area contributed by atoms with Crippen molar-refractivity contribution in [3.8, 4) is 5.75 Å². The molecule has 0 aliphatic carbocycles. The summed E-state index contributed by atoms with van der Waals surface area (Å²) in [6.45, 7) is 3.16. The second-order valence-electron chi connectivity index (χ2n) is 5.23. The van der Waals surface area contributed by atoms with Gasteiger partial charge in [0.25, 0.3) is 0 Å². The Morgan fingerprint density at radius 3 is 2.90 bits per heavy atom. The maximum Gasteiger partial charge on any atom is 0.123 e. The van der Waals surface area contributed by atoms with Crippen LogP contribution in [-0.2, 0) is 13.2 Å². The van der Waals surface area contributed by atoms with Gasteiger partial charge in [-0.25, -0.2) is 4.68 Å². The number of hydrogen-bond donors (Lipinski definition) is 0. The van der Waals surface area contributed by atoms with Crippen LogP contribution in [0, 0.1) is 0 Å². The van der Waals surface area contributed by atoms with Crippen LogP contribution in [0.15, 0.2) is 48.5 Å². The molecule has 0 unspecified atom stereocenters. The van der Waals surface area contributed by atoms with Crippen molar-refractivity contribution >= 4 is 11.0 Å². The SMILES string of the molecule is c1ccc2c(c1)CN(Cn1nnc3ccccc31)CCO2. The molecule has 0 saturated heterocycles. The molecule has 0 N–H and O–H groups in total. The summed E-state index contributed by atoms with van der Waals surface area (Å²) in [5.74, 6) is 0.989. The highest BCUT2D eigenvalue weighted by molar-refractivity contribution is 5.73. The van der Waals surface area contributed by atoms with E-state index in [1.165, 1.54) is 5.56 Å². The van der Waals surface area contributed by atoms with Gasteiger partial charge in [-0.05, 0) is 18.2 Å². The van der Waals surface area contributed by atoms with Crippen LogP contribution in [0.4, 0.5) is 0 Å². The molecule has 5 nitrogen and oxygen atoms in total. The van der Waals surface area contributed by atoms with E-state index < -0.39 is 0 Å². The Kier molecular flexibility index (Phi) is 3.05. The van der Waals surface area contributed by atoms with Gasteiger partial charge in [-0.1, -0.05) is 35.5 Å². The Hall–Kier alpha value is -2.40. The smallest absolute Gasteiger partial charge is 0.123 e. The van der Waals surface area contributed by atoms with Crippen LogP contribution in [-0.4, -0.2) is 33.0 Å². The number of ether oxygens (including phenoxy) is 1. The molecular formula is C16H16N4O. The first-order chi connectivity index (χ1) is 10.4. The van der Waals surface area contributed by atoms with Crippen LogP contribution in [0.3, 0.4) is 0 Å². The molecule has 3 aromatic rings. The molecule has 0 fully saturated rings. The van der Waals surface area contributed by atoms with E-state index in [9.17, 15) is 0 Å². The molecule has 2 heterocycles. The van der Waals surface area contributed by atoms with E-state index in [0.717, 1.165) is 36.5 Å². The molecule has 2 aromatic carbocycles. The third kappa shape index (κ3) is 2.36. The molecule has 1 aliphatic heterocycles. The standard InChI is InChI=1S/C16H16N4O/c1-4-8-16-13(5-1)11-19(9-10-21-16)12-20-15-7-3-2-6-14(15)17-18-20/h1-8H,9-12H2. The second kappa shape index (κ2) is 5.18. The Bertz CT molecular complexity index is 768. The van der Waals surface area contributed by atoms with Gasteiger partial charge in [-0.15, -0.1) is 5.10 Å². The fraction of sp³-hybridized carbons (Fsp3) is 0.250. The summed E-state index contributed by atoms with van der Waals surface area (Å²) in [4.78, 5) is 2.33. The molecule has 5 heteroatoms. The number of rotatable bonds is 2. The first-order valence-corrected chi connectivity index (χ1v) is 7.11. The van der Waals surface area contributed by atoms with Gasteiger partial charge < -0.3 is 4.74 Å². The van der Waals surface area contributed by atoms with E-state index in [1.807, 2.05) is 35.0 Å². The fourth-order valence-corrected chi connectivity index (χ4v) is 2.71. The van der Waals surface area contributed by atoms with Crippen LogP contribution in [0.25, 0.3) is 11.0 Å². The van der Waals surface area contributed by atoms with Crippen LogP contribution in [0.2, 0.25) is 0 Å². The highest BCUT2D eigenvalue weighted by Gasteiger charge is 2.16. The van der Waals surface area contributed by atoms with Crippen molar-refractivity contribution in [1.29, 1.82) is 0 Å². The van der Waals surface area contributed by atoms with Gasteiger partial charge >= 0.3 is 0 Å². The van der Waals surface area contributed by atoms with Gasteiger partial charge in [0.2, 0.25) is 0 Å². The Morgan fingerprint density at radius 1 is 1.05 bits per heavy atom. The van der Waals surface area contributed by atoms with Gasteiger partial charge in [0, 0.05) is 18.7 Å². The van der Waals surface area contributed by atoms with Crippen molar-refractivity contribution in [3.63, 3.8) is 0 Å². The molecule has 0 radical (unpaired) electrons. The number of hydrogen-bond acceptors (Lipinski definition) is 4. The lowest BCUT2D eigenvalue weighted by molar-refractivity contribution is 0.179. The molecule has 106 valence electrons. The lowest BCUT2D eigenvalue weighted by Crippen LogP contribution is -2.28. The zero-order valence-electron chi connectivity index (χ0n) is 11.6. The topological polar surface area (TPSA) is 43.2 Å². The number of para-hydroxylation sites is 2. The first-order valence-electron chi connectivity index (χ1n) is 7.11. The summed E-state index contributed by atoms with van der Waals surface area (Å²) in [7, 11) is 0. The van der Waals surface area contributed by atoms with Crippen molar-refractivity contribution in [1.82, 2.24) is 19.9 Å².